The number of ether oxygens (including phenoxy) is 1. The van der Waals surface area contributed by atoms with Gasteiger partial charge in [-0.25, -0.2) is 4.39 Å². The lowest BCUT2D eigenvalue weighted by Gasteiger charge is -2.12. The van der Waals surface area contributed by atoms with E-state index in [1.165, 1.54) is 6.07 Å². The van der Waals surface area contributed by atoms with E-state index < -0.39 is 0 Å². The Kier molecular flexibility index (Phi) is 4.23. The number of benzene rings is 2. The van der Waals surface area contributed by atoms with E-state index in [-0.39, 0.29) is 5.82 Å². The molecule has 19 heavy (non-hydrogen) atoms. The van der Waals surface area contributed by atoms with Gasteiger partial charge in [0.15, 0.2) is 0 Å². The summed E-state index contributed by atoms with van der Waals surface area (Å²) in [5.41, 5.74) is 7.58. The molecule has 2 rings (SSSR count). The van der Waals surface area contributed by atoms with Crippen molar-refractivity contribution >= 4 is 11.4 Å². The lowest BCUT2D eigenvalue weighted by atomic mass is 10.1. The van der Waals surface area contributed by atoms with Crippen molar-refractivity contribution in [3.63, 3.8) is 0 Å². The first-order chi connectivity index (χ1) is 9.22. The van der Waals surface area contributed by atoms with Gasteiger partial charge in [-0.3, -0.25) is 0 Å². The number of nitrogen functional groups attached to an aromatic ring is 1. The number of para-hydroxylation sites is 2. The van der Waals surface area contributed by atoms with E-state index >= 15 is 0 Å². The Bertz CT molecular complexity index is 537. The Morgan fingerprint density at radius 1 is 1.16 bits per heavy atom. The standard InChI is InChI=1S/C15H17FN2O/c1-19-14-8-3-2-5-11(14)9-10-18-15-12(16)6-4-7-13(15)17/h2-8,18H,9-10,17H2,1H3. The van der Waals surface area contributed by atoms with Crippen LogP contribution >= 0.6 is 0 Å². The average Bonchev–Trinajstić information content (AvgIpc) is 2.42. The minimum atomic E-state index is -0.333. The normalized spacial score (nSPS) is 10.2. The summed E-state index contributed by atoms with van der Waals surface area (Å²) >= 11 is 0. The van der Waals surface area contributed by atoms with Crippen LogP contribution in [0.2, 0.25) is 0 Å². The van der Waals surface area contributed by atoms with Crippen LogP contribution in [-0.2, 0) is 6.42 Å². The molecule has 0 unspecified atom stereocenters. The summed E-state index contributed by atoms with van der Waals surface area (Å²) < 4.78 is 18.8. The molecule has 0 atom stereocenters. The van der Waals surface area contributed by atoms with E-state index in [0.717, 1.165) is 17.7 Å². The second-order valence-corrected chi connectivity index (χ2v) is 4.19. The molecule has 0 aliphatic rings. The molecule has 0 radical (unpaired) electrons. The van der Waals surface area contributed by atoms with Gasteiger partial charge in [0, 0.05) is 6.54 Å². The third-order valence-corrected chi connectivity index (χ3v) is 2.93. The quantitative estimate of drug-likeness (QED) is 0.812. The molecule has 0 saturated heterocycles. The van der Waals surface area contributed by atoms with Crippen LogP contribution in [0.15, 0.2) is 42.5 Å². The molecule has 2 aromatic rings. The summed E-state index contributed by atoms with van der Waals surface area (Å²) in [6.07, 6.45) is 0.734. The molecular weight excluding hydrogens is 243 g/mol. The first-order valence-corrected chi connectivity index (χ1v) is 6.12. The topological polar surface area (TPSA) is 47.3 Å². The summed E-state index contributed by atoms with van der Waals surface area (Å²) in [4.78, 5) is 0. The van der Waals surface area contributed by atoms with Crippen LogP contribution in [0.5, 0.6) is 5.75 Å². The lowest BCUT2D eigenvalue weighted by Crippen LogP contribution is -2.09. The predicted octanol–water partition coefficient (Wildman–Crippen LogP) is 3.07. The molecule has 0 aromatic heterocycles. The Labute approximate surface area is 112 Å². The number of hydrogen-bond donors (Lipinski definition) is 2. The van der Waals surface area contributed by atoms with Crippen molar-refractivity contribution in [2.75, 3.05) is 24.7 Å². The largest absolute Gasteiger partial charge is 0.496 e. The molecule has 0 saturated carbocycles. The van der Waals surface area contributed by atoms with Gasteiger partial charge in [0.1, 0.15) is 11.6 Å². The van der Waals surface area contributed by atoms with E-state index in [9.17, 15) is 4.39 Å². The fourth-order valence-corrected chi connectivity index (χ4v) is 1.96. The molecule has 0 heterocycles. The number of nitrogens with one attached hydrogen (secondary N) is 1. The van der Waals surface area contributed by atoms with Crippen LogP contribution in [0, 0.1) is 5.82 Å². The zero-order valence-electron chi connectivity index (χ0n) is 10.8. The highest BCUT2D eigenvalue weighted by atomic mass is 19.1. The maximum Gasteiger partial charge on any atom is 0.148 e. The number of halogens is 1. The molecule has 4 heteroatoms. The molecule has 100 valence electrons. The van der Waals surface area contributed by atoms with E-state index in [0.29, 0.717) is 17.9 Å². The smallest absolute Gasteiger partial charge is 0.148 e. The van der Waals surface area contributed by atoms with Crippen molar-refractivity contribution in [2.45, 2.75) is 6.42 Å². The fraction of sp³-hybridized carbons (Fsp3) is 0.200. The summed E-state index contributed by atoms with van der Waals surface area (Å²) in [5, 5.41) is 3.03. The Morgan fingerprint density at radius 3 is 2.68 bits per heavy atom. The van der Waals surface area contributed by atoms with Crippen molar-refractivity contribution < 1.29 is 9.13 Å². The van der Waals surface area contributed by atoms with E-state index in [1.807, 2.05) is 24.3 Å². The molecule has 0 aliphatic carbocycles. The summed E-state index contributed by atoms with van der Waals surface area (Å²) in [5.74, 6) is 0.505. The molecule has 3 nitrogen and oxygen atoms in total. The minimum absolute atomic E-state index is 0.333. The lowest BCUT2D eigenvalue weighted by molar-refractivity contribution is 0.410. The van der Waals surface area contributed by atoms with Crippen molar-refractivity contribution in [3.8, 4) is 5.75 Å². The van der Waals surface area contributed by atoms with Gasteiger partial charge in [0.25, 0.3) is 0 Å². The van der Waals surface area contributed by atoms with Crippen molar-refractivity contribution in [2.24, 2.45) is 0 Å². The summed E-state index contributed by atoms with van der Waals surface area (Å²) in [7, 11) is 1.64. The number of methoxy groups -OCH3 is 1. The highest BCUT2D eigenvalue weighted by molar-refractivity contribution is 5.66. The van der Waals surface area contributed by atoms with Crippen LogP contribution < -0.4 is 15.8 Å². The number of hydrogen-bond acceptors (Lipinski definition) is 3. The van der Waals surface area contributed by atoms with Crippen molar-refractivity contribution in [1.29, 1.82) is 0 Å². The van der Waals surface area contributed by atoms with Gasteiger partial charge in [0.05, 0.1) is 18.5 Å². The van der Waals surface area contributed by atoms with E-state index in [4.69, 9.17) is 10.5 Å². The molecule has 0 amide bonds. The Morgan fingerprint density at radius 2 is 1.95 bits per heavy atom. The Balaban J connectivity index is 2.00. The molecular formula is C15H17FN2O. The number of anilines is 2. The van der Waals surface area contributed by atoms with Gasteiger partial charge in [-0.1, -0.05) is 24.3 Å². The molecule has 0 spiro atoms. The SMILES string of the molecule is COc1ccccc1CCNc1c(N)cccc1F. The third-order valence-electron chi connectivity index (χ3n) is 2.93. The molecule has 2 aromatic carbocycles. The monoisotopic (exact) mass is 260 g/mol. The zero-order valence-corrected chi connectivity index (χ0v) is 10.8. The second-order valence-electron chi connectivity index (χ2n) is 4.19. The summed E-state index contributed by atoms with van der Waals surface area (Å²) in [6, 6.07) is 12.4. The molecule has 3 N–H and O–H groups in total. The third kappa shape index (κ3) is 3.16. The highest BCUT2D eigenvalue weighted by Gasteiger charge is 2.06. The van der Waals surface area contributed by atoms with Crippen molar-refractivity contribution in [3.05, 3.63) is 53.8 Å². The zero-order chi connectivity index (χ0) is 13.7. The van der Waals surface area contributed by atoms with Gasteiger partial charge in [-0.2, -0.15) is 0 Å². The second kappa shape index (κ2) is 6.09. The van der Waals surface area contributed by atoms with Gasteiger partial charge < -0.3 is 15.8 Å². The van der Waals surface area contributed by atoms with Crippen LogP contribution in [0.1, 0.15) is 5.56 Å². The number of rotatable bonds is 5. The first kappa shape index (κ1) is 13.2. The van der Waals surface area contributed by atoms with Gasteiger partial charge >= 0.3 is 0 Å². The predicted molar refractivity (Wildman–Crippen MR) is 76.0 cm³/mol. The number of nitrogens with two attached hydrogens (primary N) is 1. The van der Waals surface area contributed by atoms with Crippen LogP contribution in [0.25, 0.3) is 0 Å². The maximum absolute atomic E-state index is 13.6. The van der Waals surface area contributed by atoms with E-state index in [2.05, 4.69) is 5.32 Å². The molecule has 0 fully saturated rings. The van der Waals surface area contributed by atoms with E-state index in [1.54, 1.807) is 19.2 Å². The maximum atomic E-state index is 13.6. The minimum Gasteiger partial charge on any atom is -0.496 e. The van der Waals surface area contributed by atoms with Gasteiger partial charge in [-0.05, 0) is 30.2 Å². The Hall–Kier alpha value is -2.23. The summed E-state index contributed by atoms with van der Waals surface area (Å²) in [6.45, 7) is 0.589. The van der Waals surface area contributed by atoms with Crippen LogP contribution in [-0.4, -0.2) is 13.7 Å². The van der Waals surface area contributed by atoms with Gasteiger partial charge in [0.2, 0.25) is 0 Å². The molecule has 0 aliphatic heterocycles. The van der Waals surface area contributed by atoms with Crippen LogP contribution in [0.4, 0.5) is 15.8 Å². The average molecular weight is 260 g/mol. The first-order valence-electron chi connectivity index (χ1n) is 6.12. The van der Waals surface area contributed by atoms with Gasteiger partial charge in [-0.15, -0.1) is 0 Å². The molecule has 0 bridgehead atoms. The van der Waals surface area contributed by atoms with Crippen LogP contribution in [0.3, 0.4) is 0 Å². The highest BCUT2D eigenvalue weighted by Crippen LogP contribution is 2.22. The fourth-order valence-electron chi connectivity index (χ4n) is 1.96. The van der Waals surface area contributed by atoms with Crippen molar-refractivity contribution in [1.82, 2.24) is 0 Å².